The number of aliphatic hydroxyl groups is 1. The quantitative estimate of drug-likeness (QED) is 0.746. The van der Waals surface area contributed by atoms with Crippen LogP contribution < -0.4 is 0 Å². The van der Waals surface area contributed by atoms with Crippen LogP contribution in [0.15, 0.2) is 0 Å². The highest BCUT2D eigenvalue weighted by Gasteiger charge is 2.46. The fourth-order valence-corrected chi connectivity index (χ4v) is 1.64. The summed E-state index contributed by atoms with van der Waals surface area (Å²) in [4.78, 5) is 12.0. The van der Waals surface area contributed by atoms with Crippen LogP contribution in [0, 0.1) is 0 Å². The van der Waals surface area contributed by atoms with Gasteiger partial charge < -0.3 is 14.7 Å². The number of aliphatic hydroxyl groups excluding tert-OH is 1. The SMILES string of the molecule is CCO[C@H]1CCN(C(=O)CO)CC1(F)F. The molecule has 0 aromatic carbocycles. The van der Waals surface area contributed by atoms with E-state index in [9.17, 15) is 13.6 Å². The van der Waals surface area contributed by atoms with Gasteiger partial charge in [-0.1, -0.05) is 0 Å². The highest BCUT2D eigenvalue weighted by atomic mass is 19.3. The van der Waals surface area contributed by atoms with Gasteiger partial charge in [0.15, 0.2) is 0 Å². The van der Waals surface area contributed by atoms with Crippen LogP contribution in [0.4, 0.5) is 8.78 Å². The maximum atomic E-state index is 13.4. The summed E-state index contributed by atoms with van der Waals surface area (Å²) in [5.41, 5.74) is 0. The molecule has 0 radical (unpaired) electrons. The van der Waals surface area contributed by atoms with Crippen molar-refractivity contribution >= 4 is 5.91 Å². The molecule has 0 saturated carbocycles. The van der Waals surface area contributed by atoms with E-state index in [2.05, 4.69) is 0 Å². The molecule has 0 spiro atoms. The topological polar surface area (TPSA) is 49.8 Å². The number of nitrogens with zero attached hydrogens (tertiary/aromatic N) is 1. The molecule has 88 valence electrons. The summed E-state index contributed by atoms with van der Waals surface area (Å²) < 4.78 is 31.7. The van der Waals surface area contributed by atoms with Crippen LogP contribution in [-0.4, -0.2) is 54.2 Å². The van der Waals surface area contributed by atoms with Gasteiger partial charge >= 0.3 is 0 Å². The monoisotopic (exact) mass is 223 g/mol. The molecule has 1 rings (SSSR count). The summed E-state index contributed by atoms with van der Waals surface area (Å²) in [6.07, 6.45) is -1.02. The van der Waals surface area contributed by atoms with Crippen molar-refractivity contribution in [1.82, 2.24) is 4.90 Å². The normalized spacial score (nSPS) is 25.3. The molecule has 0 aromatic rings. The Morgan fingerprint density at radius 2 is 2.33 bits per heavy atom. The molecule has 1 fully saturated rings. The number of hydrogen-bond donors (Lipinski definition) is 1. The maximum Gasteiger partial charge on any atom is 0.290 e. The molecule has 4 nitrogen and oxygen atoms in total. The third kappa shape index (κ3) is 2.85. The summed E-state index contributed by atoms with van der Waals surface area (Å²) in [6.45, 7) is 0.696. The first-order valence-electron chi connectivity index (χ1n) is 4.89. The van der Waals surface area contributed by atoms with Crippen LogP contribution in [0.1, 0.15) is 13.3 Å². The summed E-state index contributed by atoms with van der Waals surface area (Å²) in [7, 11) is 0. The van der Waals surface area contributed by atoms with Gasteiger partial charge in [-0.15, -0.1) is 0 Å². The molecule has 0 unspecified atom stereocenters. The van der Waals surface area contributed by atoms with E-state index in [-0.39, 0.29) is 19.6 Å². The van der Waals surface area contributed by atoms with Gasteiger partial charge in [-0.25, -0.2) is 8.78 Å². The highest BCUT2D eigenvalue weighted by molar-refractivity contribution is 5.77. The second-order valence-electron chi connectivity index (χ2n) is 3.47. The Hall–Kier alpha value is -0.750. The molecule has 1 aliphatic rings. The van der Waals surface area contributed by atoms with Gasteiger partial charge in [0.2, 0.25) is 5.91 Å². The number of amides is 1. The molecular weight excluding hydrogens is 208 g/mol. The van der Waals surface area contributed by atoms with Crippen LogP contribution in [0.5, 0.6) is 0 Å². The third-order valence-electron chi connectivity index (χ3n) is 2.39. The zero-order valence-electron chi connectivity index (χ0n) is 8.58. The molecule has 0 aliphatic carbocycles. The smallest absolute Gasteiger partial charge is 0.290 e. The molecule has 1 atom stereocenters. The Morgan fingerprint density at radius 1 is 1.67 bits per heavy atom. The van der Waals surface area contributed by atoms with E-state index in [0.717, 1.165) is 4.90 Å². The minimum Gasteiger partial charge on any atom is -0.387 e. The summed E-state index contributed by atoms with van der Waals surface area (Å²) in [5.74, 6) is -3.69. The Bertz CT molecular complexity index is 235. The molecule has 1 aliphatic heterocycles. The van der Waals surface area contributed by atoms with E-state index in [1.807, 2.05) is 0 Å². The maximum absolute atomic E-state index is 13.4. The Balaban J connectivity index is 2.59. The second kappa shape index (κ2) is 4.85. The van der Waals surface area contributed by atoms with E-state index in [1.54, 1.807) is 6.92 Å². The zero-order chi connectivity index (χ0) is 11.5. The molecule has 1 N–H and O–H groups in total. The van der Waals surface area contributed by atoms with Gasteiger partial charge in [-0.3, -0.25) is 4.79 Å². The van der Waals surface area contributed by atoms with Crippen LogP contribution >= 0.6 is 0 Å². The molecule has 6 heteroatoms. The predicted molar refractivity (Wildman–Crippen MR) is 48.6 cm³/mol. The standard InChI is InChI=1S/C9H15F2NO3/c1-2-15-7-3-4-12(8(14)5-13)6-9(7,10)11/h7,13H,2-6H2,1H3/t7-/m0/s1. The second-order valence-corrected chi connectivity index (χ2v) is 3.47. The average Bonchev–Trinajstić information content (AvgIpc) is 2.19. The molecule has 1 saturated heterocycles. The lowest BCUT2D eigenvalue weighted by molar-refractivity contribution is -0.179. The van der Waals surface area contributed by atoms with E-state index in [0.29, 0.717) is 0 Å². The summed E-state index contributed by atoms with van der Waals surface area (Å²) >= 11 is 0. The highest BCUT2D eigenvalue weighted by Crippen LogP contribution is 2.29. The molecule has 0 bridgehead atoms. The van der Waals surface area contributed by atoms with Gasteiger partial charge in [0.05, 0.1) is 6.54 Å². The van der Waals surface area contributed by atoms with Crippen molar-refractivity contribution in [3.63, 3.8) is 0 Å². The number of rotatable bonds is 3. The van der Waals surface area contributed by atoms with Crippen molar-refractivity contribution in [2.24, 2.45) is 0 Å². The molecule has 15 heavy (non-hydrogen) atoms. The largest absolute Gasteiger partial charge is 0.387 e. The lowest BCUT2D eigenvalue weighted by Gasteiger charge is -2.37. The van der Waals surface area contributed by atoms with Gasteiger partial charge in [0.1, 0.15) is 12.7 Å². The van der Waals surface area contributed by atoms with Crippen LogP contribution in [0.3, 0.4) is 0 Å². The fraction of sp³-hybridized carbons (Fsp3) is 0.889. The Morgan fingerprint density at radius 3 is 2.80 bits per heavy atom. The number of carbonyl (C=O) groups is 1. The Labute approximate surface area is 86.8 Å². The molecule has 0 aromatic heterocycles. The van der Waals surface area contributed by atoms with Crippen LogP contribution in [0.2, 0.25) is 0 Å². The first-order chi connectivity index (χ1) is 7.01. The van der Waals surface area contributed by atoms with Crippen molar-refractivity contribution in [2.45, 2.75) is 25.4 Å². The number of halogens is 2. The number of ether oxygens (including phenoxy) is 1. The minimum atomic E-state index is -3.03. The van der Waals surface area contributed by atoms with Crippen molar-refractivity contribution in [3.8, 4) is 0 Å². The first kappa shape index (κ1) is 12.3. The minimum absolute atomic E-state index is 0.104. The summed E-state index contributed by atoms with van der Waals surface area (Å²) in [6, 6.07) is 0. The number of hydrogen-bond acceptors (Lipinski definition) is 3. The van der Waals surface area contributed by atoms with Crippen molar-refractivity contribution in [2.75, 3.05) is 26.3 Å². The van der Waals surface area contributed by atoms with Gasteiger partial charge in [0, 0.05) is 13.2 Å². The van der Waals surface area contributed by atoms with E-state index < -0.39 is 31.1 Å². The van der Waals surface area contributed by atoms with Crippen molar-refractivity contribution in [3.05, 3.63) is 0 Å². The van der Waals surface area contributed by atoms with Crippen molar-refractivity contribution < 1.29 is 23.4 Å². The number of alkyl halides is 2. The predicted octanol–water partition coefficient (Wildman–Crippen LogP) is 0.251. The fourth-order valence-electron chi connectivity index (χ4n) is 1.64. The first-order valence-corrected chi connectivity index (χ1v) is 4.89. The molecular formula is C9H15F2NO3. The Kier molecular flexibility index (Phi) is 3.98. The van der Waals surface area contributed by atoms with E-state index >= 15 is 0 Å². The lowest BCUT2D eigenvalue weighted by Crippen LogP contribution is -2.54. The molecule has 1 amide bonds. The van der Waals surface area contributed by atoms with Gasteiger partial charge in [-0.05, 0) is 13.3 Å². The number of piperidine rings is 1. The van der Waals surface area contributed by atoms with E-state index in [4.69, 9.17) is 9.84 Å². The van der Waals surface area contributed by atoms with Gasteiger partial charge in [-0.2, -0.15) is 0 Å². The third-order valence-corrected chi connectivity index (χ3v) is 2.39. The average molecular weight is 223 g/mol. The van der Waals surface area contributed by atoms with Crippen molar-refractivity contribution in [1.29, 1.82) is 0 Å². The lowest BCUT2D eigenvalue weighted by atomic mass is 10.0. The van der Waals surface area contributed by atoms with Gasteiger partial charge in [0.25, 0.3) is 5.92 Å². The zero-order valence-corrected chi connectivity index (χ0v) is 8.58. The molecule has 1 heterocycles. The summed E-state index contributed by atoms with van der Waals surface area (Å²) in [5, 5.41) is 8.56. The number of carbonyl (C=O) groups excluding carboxylic acids is 1. The van der Waals surface area contributed by atoms with Crippen LogP contribution in [0.25, 0.3) is 0 Å². The van der Waals surface area contributed by atoms with E-state index in [1.165, 1.54) is 0 Å². The van der Waals surface area contributed by atoms with Crippen LogP contribution in [-0.2, 0) is 9.53 Å². The number of likely N-dealkylation sites (tertiary alicyclic amines) is 1.